The van der Waals surface area contributed by atoms with Crippen molar-refractivity contribution in [2.24, 2.45) is 0 Å². The highest BCUT2D eigenvalue weighted by molar-refractivity contribution is 5.96. The molecule has 0 fully saturated rings. The molecule has 0 aliphatic rings. The molecule has 0 atom stereocenters. The Morgan fingerprint density at radius 3 is 2.32 bits per heavy atom. The summed E-state index contributed by atoms with van der Waals surface area (Å²) in [7, 11) is 1.55. The Morgan fingerprint density at radius 1 is 0.960 bits per heavy atom. The molecular weight excluding hydrogens is 318 g/mol. The first-order valence-electron chi connectivity index (χ1n) is 7.96. The number of urea groups is 1. The number of hydrogen-bond acceptors (Lipinski definition) is 3. The Hall–Kier alpha value is -3.15. The molecular formula is C19H21N3O3. The van der Waals surface area contributed by atoms with E-state index in [1.165, 1.54) is 6.92 Å². The van der Waals surface area contributed by atoms with E-state index in [9.17, 15) is 14.4 Å². The Labute approximate surface area is 146 Å². The smallest absolute Gasteiger partial charge is 0.319 e. The fraction of sp³-hybridized carbons (Fsp3) is 0.211. The van der Waals surface area contributed by atoms with Crippen molar-refractivity contribution in [3.05, 3.63) is 65.2 Å². The summed E-state index contributed by atoms with van der Waals surface area (Å²) in [6.07, 6.45) is 0.657. The van der Waals surface area contributed by atoms with Gasteiger partial charge in [0.1, 0.15) is 0 Å². The van der Waals surface area contributed by atoms with E-state index in [1.54, 1.807) is 43.4 Å². The average Bonchev–Trinajstić information content (AvgIpc) is 2.61. The molecule has 3 N–H and O–H groups in total. The molecule has 2 aromatic rings. The predicted octanol–water partition coefficient (Wildman–Crippen LogP) is 2.61. The van der Waals surface area contributed by atoms with Crippen LogP contribution in [0.15, 0.2) is 48.5 Å². The zero-order valence-electron chi connectivity index (χ0n) is 14.3. The molecule has 0 spiro atoms. The lowest BCUT2D eigenvalue weighted by Crippen LogP contribution is -2.30. The lowest BCUT2D eigenvalue weighted by molar-refractivity contribution is 0.0962. The van der Waals surface area contributed by atoms with Crippen LogP contribution in [0.3, 0.4) is 0 Å². The standard InChI is InChI=1S/C19H21N3O3/c1-13(23)15-8-6-14(7-9-15)10-11-21-19(25)22-17-5-3-4-16(12-17)18(24)20-2/h3-9,12H,10-11H2,1-2H3,(H,20,24)(H2,21,22,25). The lowest BCUT2D eigenvalue weighted by Gasteiger charge is -2.09. The quantitative estimate of drug-likeness (QED) is 0.707. The summed E-state index contributed by atoms with van der Waals surface area (Å²) in [5, 5.41) is 8.00. The molecule has 2 aromatic carbocycles. The first-order chi connectivity index (χ1) is 12.0. The highest BCUT2D eigenvalue weighted by Crippen LogP contribution is 2.10. The van der Waals surface area contributed by atoms with Crippen molar-refractivity contribution in [3.63, 3.8) is 0 Å². The zero-order chi connectivity index (χ0) is 18.2. The van der Waals surface area contributed by atoms with Gasteiger partial charge in [-0.15, -0.1) is 0 Å². The predicted molar refractivity (Wildman–Crippen MR) is 97.0 cm³/mol. The molecule has 0 bridgehead atoms. The summed E-state index contributed by atoms with van der Waals surface area (Å²) in [5.41, 5.74) is 2.73. The van der Waals surface area contributed by atoms with E-state index < -0.39 is 0 Å². The molecule has 0 aromatic heterocycles. The monoisotopic (exact) mass is 339 g/mol. The fourth-order valence-electron chi connectivity index (χ4n) is 2.28. The normalized spacial score (nSPS) is 10.0. The van der Waals surface area contributed by atoms with Gasteiger partial charge in [-0.1, -0.05) is 30.3 Å². The second kappa shape index (κ2) is 8.63. The number of ketones is 1. The summed E-state index contributed by atoms with van der Waals surface area (Å²) >= 11 is 0. The first kappa shape index (κ1) is 18.2. The van der Waals surface area contributed by atoms with Gasteiger partial charge >= 0.3 is 6.03 Å². The number of benzene rings is 2. The number of nitrogens with one attached hydrogen (secondary N) is 3. The molecule has 130 valence electrons. The molecule has 0 radical (unpaired) electrons. The van der Waals surface area contributed by atoms with E-state index in [0.717, 1.165) is 5.56 Å². The number of hydrogen-bond donors (Lipinski definition) is 3. The molecule has 0 aliphatic carbocycles. The van der Waals surface area contributed by atoms with Crippen LogP contribution in [0.2, 0.25) is 0 Å². The minimum Gasteiger partial charge on any atom is -0.355 e. The minimum absolute atomic E-state index is 0.0306. The second-order valence-corrected chi connectivity index (χ2v) is 5.54. The third kappa shape index (κ3) is 5.46. The van der Waals surface area contributed by atoms with Crippen LogP contribution in [0.25, 0.3) is 0 Å². The maximum atomic E-state index is 11.9. The van der Waals surface area contributed by atoms with Crippen molar-refractivity contribution < 1.29 is 14.4 Å². The molecule has 0 saturated heterocycles. The second-order valence-electron chi connectivity index (χ2n) is 5.54. The lowest BCUT2D eigenvalue weighted by atomic mass is 10.1. The van der Waals surface area contributed by atoms with Crippen LogP contribution in [0, 0.1) is 0 Å². The van der Waals surface area contributed by atoms with E-state index in [-0.39, 0.29) is 17.7 Å². The third-order valence-electron chi connectivity index (χ3n) is 3.67. The van der Waals surface area contributed by atoms with Crippen LogP contribution in [-0.4, -0.2) is 31.3 Å². The van der Waals surface area contributed by atoms with E-state index in [4.69, 9.17) is 0 Å². The van der Waals surface area contributed by atoms with Crippen molar-refractivity contribution >= 4 is 23.4 Å². The summed E-state index contributed by atoms with van der Waals surface area (Å²) in [4.78, 5) is 34.7. The highest BCUT2D eigenvalue weighted by Gasteiger charge is 2.06. The Balaban J connectivity index is 1.82. The van der Waals surface area contributed by atoms with E-state index >= 15 is 0 Å². The van der Waals surface area contributed by atoms with Crippen LogP contribution in [-0.2, 0) is 6.42 Å². The topological polar surface area (TPSA) is 87.3 Å². The third-order valence-corrected chi connectivity index (χ3v) is 3.67. The largest absolute Gasteiger partial charge is 0.355 e. The molecule has 6 nitrogen and oxygen atoms in total. The highest BCUT2D eigenvalue weighted by atomic mass is 16.2. The Morgan fingerprint density at radius 2 is 1.68 bits per heavy atom. The van der Waals surface area contributed by atoms with Gasteiger partial charge in [0.25, 0.3) is 5.91 Å². The van der Waals surface area contributed by atoms with Gasteiger partial charge in [0.2, 0.25) is 0 Å². The number of carbonyl (C=O) groups is 3. The maximum Gasteiger partial charge on any atom is 0.319 e. The van der Waals surface area contributed by atoms with Crippen molar-refractivity contribution in [1.29, 1.82) is 0 Å². The van der Waals surface area contributed by atoms with Crippen molar-refractivity contribution in [3.8, 4) is 0 Å². The van der Waals surface area contributed by atoms with E-state index in [2.05, 4.69) is 16.0 Å². The van der Waals surface area contributed by atoms with Gasteiger partial charge in [0.15, 0.2) is 5.78 Å². The summed E-state index contributed by atoms with van der Waals surface area (Å²) < 4.78 is 0. The maximum absolute atomic E-state index is 11.9. The SMILES string of the molecule is CNC(=O)c1cccc(NC(=O)NCCc2ccc(C(C)=O)cc2)c1. The molecule has 0 aliphatic heterocycles. The minimum atomic E-state index is -0.339. The van der Waals surface area contributed by atoms with E-state index in [1.807, 2.05) is 12.1 Å². The van der Waals surface area contributed by atoms with Gasteiger partial charge in [-0.05, 0) is 37.1 Å². The number of Topliss-reactive ketones (excluding diaryl/α,β-unsaturated/α-hetero) is 1. The van der Waals surface area contributed by atoms with Crippen molar-refractivity contribution in [2.45, 2.75) is 13.3 Å². The van der Waals surface area contributed by atoms with Crippen LogP contribution < -0.4 is 16.0 Å². The zero-order valence-corrected chi connectivity index (χ0v) is 14.3. The van der Waals surface area contributed by atoms with Gasteiger partial charge < -0.3 is 16.0 Å². The Kier molecular flexibility index (Phi) is 6.28. The number of amides is 3. The van der Waals surface area contributed by atoms with Gasteiger partial charge in [0.05, 0.1) is 0 Å². The van der Waals surface area contributed by atoms with Crippen molar-refractivity contribution in [1.82, 2.24) is 10.6 Å². The summed E-state index contributed by atoms with van der Waals surface area (Å²) in [6, 6.07) is 13.7. The van der Waals surface area contributed by atoms with Crippen LogP contribution in [0.4, 0.5) is 10.5 Å². The molecule has 3 amide bonds. The molecule has 25 heavy (non-hydrogen) atoms. The average molecular weight is 339 g/mol. The fourth-order valence-corrected chi connectivity index (χ4v) is 2.28. The number of anilines is 1. The number of rotatable bonds is 6. The molecule has 0 unspecified atom stereocenters. The number of carbonyl (C=O) groups excluding carboxylic acids is 3. The molecule has 0 saturated carbocycles. The van der Waals surface area contributed by atoms with Crippen molar-refractivity contribution in [2.75, 3.05) is 18.9 Å². The van der Waals surface area contributed by atoms with Gasteiger partial charge in [-0.3, -0.25) is 9.59 Å². The first-order valence-corrected chi connectivity index (χ1v) is 7.96. The molecule has 6 heteroatoms. The van der Waals surface area contributed by atoms with Gasteiger partial charge in [-0.2, -0.15) is 0 Å². The van der Waals surface area contributed by atoms with Crippen LogP contribution in [0.5, 0.6) is 0 Å². The van der Waals surface area contributed by atoms with Crippen LogP contribution in [0.1, 0.15) is 33.2 Å². The van der Waals surface area contributed by atoms with Gasteiger partial charge in [-0.25, -0.2) is 4.79 Å². The molecule has 0 heterocycles. The molecule has 2 rings (SSSR count). The van der Waals surface area contributed by atoms with Crippen LogP contribution >= 0.6 is 0 Å². The Bertz CT molecular complexity index is 770. The van der Waals surface area contributed by atoms with E-state index in [0.29, 0.717) is 29.8 Å². The van der Waals surface area contributed by atoms with Gasteiger partial charge in [0, 0.05) is 30.4 Å². The summed E-state index contributed by atoms with van der Waals surface area (Å²) in [5.74, 6) is -0.180. The summed E-state index contributed by atoms with van der Waals surface area (Å²) in [6.45, 7) is 1.99.